The number of aromatic amines is 1. The van der Waals surface area contributed by atoms with Gasteiger partial charge in [-0.05, 0) is 12.1 Å². The summed E-state index contributed by atoms with van der Waals surface area (Å²) in [7, 11) is -2.96. The second-order valence-corrected chi connectivity index (χ2v) is 7.94. The van der Waals surface area contributed by atoms with Gasteiger partial charge < -0.3 is 9.72 Å². The molecule has 0 fully saturated rings. The number of aromatic nitrogens is 1. The quantitative estimate of drug-likeness (QED) is 0.560. The van der Waals surface area contributed by atoms with E-state index >= 15 is 0 Å². The Hall–Kier alpha value is -2.60. The number of nitrogens with one attached hydrogen (secondary N) is 2. The number of H-pyrrole nitrogens is 1. The number of rotatable bonds is 5. The molecule has 1 aromatic carbocycles. The Morgan fingerprint density at radius 3 is 2.46 bits per heavy atom. The van der Waals surface area contributed by atoms with E-state index in [1.807, 2.05) is 0 Å². The van der Waals surface area contributed by atoms with Gasteiger partial charge in [0.15, 0.2) is 0 Å². The summed E-state index contributed by atoms with van der Waals surface area (Å²) in [6, 6.07) is 1.27. The van der Waals surface area contributed by atoms with Crippen LogP contribution >= 0.6 is 11.3 Å². The molecular formula is C16H11F5N2O3S2. The van der Waals surface area contributed by atoms with Crippen molar-refractivity contribution in [1.82, 2.24) is 4.98 Å². The number of methoxy groups -OCH3 is 1. The first-order valence-corrected chi connectivity index (χ1v) is 9.83. The zero-order valence-corrected chi connectivity index (χ0v) is 15.5. The maximum Gasteiger partial charge on any atom is 0.419 e. The Morgan fingerprint density at radius 1 is 1.11 bits per heavy atom. The van der Waals surface area contributed by atoms with E-state index in [-0.39, 0.29) is 17.0 Å². The molecule has 0 aliphatic carbocycles. The average molecular weight is 438 g/mol. The van der Waals surface area contributed by atoms with E-state index in [0.717, 1.165) is 6.20 Å². The molecule has 0 radical (unpaired) electrons. The summed E-state index contributed by atoms with van der Waals surface area (Å²) in [5, 5.41) is 3.41. The molecule has 5 nitrogen and oxygen atoms in total. The molecule has 0 aliphatic rings. The van der Waals surface area contributed by atoms with Crippen LogP contribution in [0.4, 0.5) is 27.6 Å². The minimum absolute atomic E-state index is 0.105. The molecule has 3 rings (SSSR count). The minimum atomic E-state index is -5.11. The fourth-order valence-electron chi connectivity index (χ4n) is 2.37. The van der Waals surface area contributed by atoms with Gasteiger partial charge in [-0.1, -0.05) is 0 Å². The van der Waals surface area contributed by atoms with E-state index in [4.69, 9.17) is 4.74 Å². The van der Waals surface area contributed by atoms with Crippen LogP contribution in [0.1, 0.15) is 5.56 Å². The van der Waals surface area contributed by atoms with E-state index in [1.54, 1.807) is 15.5 Å². The number of thiophene rings is 1. The highest BCUT2D eigenvalue weighted by Gasteiger charge is 2.35. The van der Waals surface area contributed by atoms with Gasteiger partial charge in [0.05, 0.1) is 29.6 Å². The topological polar surface area (TPSA) is 71.2 Å². The first-order valence-electron chi connectivity index (χ1n) is 7.41. The molecule has 0 amide bonds. The fourth-order valence-corrected chi connectivity index (χ4v) is 4.22. The molecule has 12 heteroatoms. The largest absolute Gasteiger partial charge is 0.495 e. The number of hydrogen-bond acceptors (Lipinski definition) is 4. The summed E-state index contributed by atoms with van der Waals surface area (Å²) in [6.07, 6.45) is -4.01. The smallest absolute Gasteiger partial charge is 0.419 e. The zero-order valence-electron chi connectivity index (χ0n) is 13.9. The number of sulfonamides is 1. The monoisotopic (exact) mass is 438 g/mol. The number of ether oxygens (including phenoxy) is 1. The third-order valence-electron chi connectivity index (χ3n) is 3.71. The third kappa shape index (κ3) is 3.83. The van der Waals surface area contributed by atoms with Crippen molar-refractivity contribution in [3.63, 3.8) is 0 Å². The molecule has 2 N–H and O–H groups in total. The maximum absolute atomic E-state index is 13.9. The van der Waals surface area contributed by atoms with Crippen LogP contribution in [0.25, 0.3) is 11.3 Å². The molecule has 28 heavy (non-hydrogen) atoms. The van der Waals surface area contributed by atoms with Crippen LogP contribution in [0.5, 0.6) is 5.75 Å². The minimum Gasteiger partial charge on any atom is -0.495 e. The molecule has 2 heterocycles. The Kier molecular flexibility index (Phi) is 5.10. The first kappa shape index (κ1) is 20.1. The van der Waals surface area contributed by atoms with Crippen molar-refractivity contribution in [3.05, 3.63) is 52.4 Å². The highest BCUT2D eigenvalue weighted by atomic mass is 32.2. The predicted octanol–water partition coefficient (Wildman–Crippen LogP) is 4.85. The van der Waals surface area contributed by atoms with Gasteiger partial charge in [-0.3, -0.25) is 4.72 Å². The lowest BCUT2D eigenvalue weighted by atomic mass is 10.2. The van der Waals surface area contributed by atoms with E-state index in [9.17, 15) is 30.4 Å². The normalized spacial score (nSPS) is 12.2. The van der Waals surface area contributed by atoms with Crippen LogP contribution in [0.15, 0.2) is 40.1 Å². The number of benzene rings is 1. The Bertz CT molecular complexity index is 1120. The summed E-state index contributed by atoms with van der Waals surface area (Å²) in [4.78, 5) is 2.40. The predicted molar refractivity (Wildman–Crippen MR) is 92.8 cm³/mol. The van der Waals surface area contributed by atoms with Gasteiger partial charge in [0.25, 0.3) is 10.0 Å². The third-order valence-corrected chi connectivity index (χ3v) is 5.78. The Labute approximate surface area is 159 Å². The summed E-state index contributed by atoms with van der Waals surface area (Å²) in [6.45, 7) is 0. The average Bonchev–Trinajstić information content (AvgIpc) is 3.24. The zero-order chi connectivity index (χ0) is 20.7. The molecule has 0 bridgehead atoms. The lowest BCUT2D eigenvalue weighted by Crippen LogP contribution is -2.15. The second kappa shape index (κ2) is 7.09. The van der Waals surface area contributed by atoms with E-state index in [0.29, 0.717) is 17.0 Å². The Balaban J connectivity index is 1.92. The van der Waals surface area contributed by atoms with Crippen molar-refractivity contribution in [2.24, 2.45) is 0 Å². The van der Waals surface area contributed by atoms with Crippen LogP contribution in [-0.4, -0.2) is 20.5 Å². The van der Waals surface area contributed by atoms with Gasteiger partial charge in [-0.15, -0.1) is 11.3 Å². The van der Waals surface area contributed by atoms with Crippen molar-refractivity contribution in [1.29, 1.82) is 0 Å². The number of alkyl halides is 3. The number of anilines is 1. The van der Waals surface area contributed by atoms with Gasteiger partial charge in [0.2, 0.25) is 0 Å². The van der Waals surface area contributed by atoms with Gasteiger partial charge in [0.1, 0.15) is 22.3 Å². The van der Waals surface area contributed by atoms with Gasteiger partial charge in [-0.2, -0.15) is 13.2 Å². The molecule has 0 unspecified atom stereocenters. The summed E-state index contributed by atoms with van der Waals surface area (Å²) in [5.41, 5.74) is -1.80. The Morgan fingerprint density at radius 2 is 1.82 bits per heavy atom. The van der Waals surface area contributed by atoms with Gasteiger partial charge in [0, 0.05) is 23.0 Å². The SMILES string of the molecule is COc1cscc1-c1cc(S(=O)(=O)Nc2cc(F)c(C(F)(F)F)cc2F)c[nH]1. The second-order valence-electron chi connectivity index (χ2n) is 5.52. The van der Waals surface area contributed by atoms with Crippen LogP contribution in [0, 0.1) is 11.6 Å². The lowest BCUT2D eigenvalue weighted by Gasteiger charge is -2.12. The van der Waals surface area contributed by atoms with Gasteiger partial charge in [-0.25, -0.2) is 17.2 Å². The summed E-state index contributed by atoms with van der Waals surface area (Å²) >= 11 is 1.32. The number of hydrogen-bond donors (Lipinski definition) is 2. The van der Waals surface area contributed by atoms with Crippen molar-refractivity contribution in [3.8, 4) is 17.0 Å². The van der Waals surface area contributed by atoms with Crippen molar-refractivity contribution in [2.45, 2.75) is 11.1 Å². The van der Waals surface area contributed by atoms with Crippen LogP contribution in [-0.2, 0) is 16.2 Å². The van der Waals surface area contributed by atoms with E-state index in [1.165, 1.54) is 24.5 Å². The van der Waals surface area contributed by atoms with Crippen molar-refractivity contribution in [2.75, 3.05) is 11.8 Å². The maximum atomic E-state index is 13.9. The molecule has 0 aliphatic heterocycles. The van der Waals surface area contributed by atoms with Crippen molar-refractivity contribution < 1.29 is 35.1 Å². The van der Waals surface area contributed by atoms with Crippen LogP contribution in [0.3, 0.4) is 0 Å². The molecule has 0 atom stereocenters. The molecule has 150 valence electrons. The number of halogens is 5. The van der Waals surface area contributed by atoms with E-state index < -0.39 is 39.1 Å². The summed E-state index contributed by atoms with van der Waals surface area (Å²) in [5.74, 6) is -2.86. The molecule has 2 aromatic heterocycles. The highest BCUT2D eigenvalue weighted by Crippen LogP contribution is 2.36. The summed E-state index contributed by atoms with van der Waals surface area (Å²) < 4.78 is 97.1. The molecule has 3 aromatic rings. The fraction of sp³-hybridized carbons (Fsp3) is 0.125. The standard InChI is InChI=1S/C16H11F5N2O3S2/c1-26-15-7-27-6-9(15)13-2-8(5-22-13)28(24,25)23-14-4-11(17)10(3-12(14)18)16(19,20)21/h2-7,22-23H,1H3. The molecular weight excluding hydrogens is 427 g/mol. The molecule has 0 saturated carbocycles. The van der Waals surface area contributed by atoms with Gasteiger partial charge >= 0.3 is 6.18 Å². The first-order chi connectivity index (χ1) is 13.0. The molecule has 0 saturated heterocycles. The van der Waals surface area contributed by atoms with Crippen LogP contribution < -0.4 is 9.46 Å². The van der Waals surface area contributed by atoms with Crippen molar-refractivity contribution >= 4 is 27.0 Å². The highest BCUT2D eigenvalue weighted by molar-refractivity contribution is 7.92. The molecule has 0 spiro atoms. The lowest BCUT2D eigenvalue weighted by molar-refractivity contribution is -0.140. The van der Waals surface area contributed by atoms with Crippen LogP contribution in [0.2, 0.25) is 0 Å². The van der Waals surface area contributed by atoms with E-state index in [2.05, 4.69) is 4.98 Å².